The molecular weight excluding hydrogens is 887 g/mol. The molecule has 0 bridgehead atoms. The molecule has 358 valence electrons. The van der Waals surface area contributed by atoms with Gasteiger partial charge >= 0.3 is 5.97 Å². The lowest BCUT2D eigenvalue weighted by molar-refractivity contribution is 0.0691. The second kappa shape index (κ2) is 25.0. The lowest BCUT2D eigenvalue weighted by atomic mass is 10.0. The maximum Gasteiger partial charge on any atom is 0.338 e. The number of hydrogen-bond acceptors (Lipinski definition) is 13. The summed E-state index contributed by atoms with van der Waals surface area (Å²) >= 11 is 0. The molecule has 0 spiro atoms. The number of anilines is 2. The number of halogens is 2. The van der Waals surface area contributed by atoms with Crippen LogP contribution >= 0.6 is 0 Å². The second-order valence-corrected chi connectivity index (χ2v) is 14.7. The molecule has 69 heavy (non-hydrogen) atoms. The fourth-order valence-corrected chi connectivity index (χ4v) is 6.48. The number of nitrogens with one attached hydrogen (secondary N) is 1. The molecule has 10 N–H and O–H groups in total. The topological polar surface area (TPSA) is 272 Å². The second-order valence-electron chi connectivity index (χ2n) is 14.7. The maximum absolute atomic E-state index is 14.9. The van der Waals surface area contributed by atoms with E-state index in [-0.39, 0.29) is 42.1 Å². The first-order valence-corrected chi connectivity index (χ1v) is 21.9. The number of amides is 1. The molecule has 0 radical (unpaired) electrons. The highest BCUT2D eigenvalue weighted by Crippen LogP contribution is 2.29. The SMILES string of the molecule is CC.CCn1cc(-c2cnc(N)c(-c3ccc(C(=O)N[C@H](CO)c4ccccc4)c(F)c3)n2)cn1.CCn1cc(-c2cnc(N)c(-c3ccc(C(=O)O)c(F)c3)n2)cn1.N[C@H](CO)c1ccccc1. The lowest BCUT2D eigenvalue weighted by Crippen LogP contribution is -2.31. The van der Waals surface area contributed by atoms with Crippen LogP contribution in [-0.4, -0.2) is 79.9 Å². The largest absolute Gasteiger partial charge is 0.478 e. The van der Waals surface area contributed by atoms with Crippen molar-refractivity contribution in [1.82, 2.24) is 44.8 Å². The van der Waals surface area contributed by atoms with Crippen LogP contribution < -0.4 is 22.5 Å². The highest BCUT2D eigenvalue weighted by atomic mass is 19.1. The van der Waals surface area contributed by atoms with E-state index in [1.165, 1.54) is 36.7 Å². The summed E-state index contributed by atoms with van der Waals surface area (Å²) < 4.78 is 32.3. The van der Waals surface area contributed by atoms with E-state index in [1.807, 2.05) is 76.5 Å². The van der Waals surface area contributed by atoms with Crippen LogP contribution in [0.5, 0.6) is 0 Å². The molecule has 1 amide bonds. The summed E-state index contributed by atoms with van der Waals surface area (Å²) in [5, 5.41) is 38.3. The molecule has 8 aromatic rings. The summed E-state index contributed by atoms with van der Waals surface area (Å²) in [6, 6.07) is 25.5. The Morgan fingerprint density at radius 1 is 0.638 bits per heavy atom. The molecule has 0 saturated carbocycles. The average molecular weight is 941 g/mol. The van der Waals surface area contributed by atoms with Crippen LogP contribution in [0.1, 0.15) is 71.6 Å². The summed E-state index contributed by atoms with van der Waals surface area (Å²) in [5.41, 5.74) is 22.5. The molecule has 0 fully saturated rings. The van der Waals surface area contributed by atoms with Crippen molar-refractivity contribution in [2.45, 2.75) is 52.9 Å². The van der Waals surface area contributed by atoms with Crippen LogP contribution in [0.15, 0.2) is 134 Å². The Kier molecular flexibility index (Phi) is 18.8. The van der Waals surface area contributed by atoms with E-state index >= 15 is 0 Å². The monoisotopic (exact) mass is 940 g/mol. The zero-order valence-electron chi connectivity index (χ0n) is 38.4. The summed E-state index contributed by atoms with van der Waals surface area (Å²) in [7, 11) is 0. The summed E-state index contributed by atoms with van der Waals surface area (Å²) in [6.07, 6.45) is 10.0. The van der Waals surface area contributed by atoms with E-state index in [9.17, 15) is 23.5 Å². The first kappa shape index (κ1) is 51.7. The molecule has 19 heteroatoms. The number of nitrogens with two attached hydrogens (primary N) is 3. The predicted octanol–water partition coefficient (Wildman–Crippen LogP) is 7.36. The molecule has 0 aliphatic heterocycles. The Morgan fingerprint density at radius 2 is 1.09 bits per heavy atom. The molecule has 2 atom stereocenters. The number of nitrogens with zero attached hydrogens (tertiary/aromatic N) is 8. The van der Waals surface area contributed by atoms with Crippen molar-refractivity contribution in [1.29, 1.82) is 0 Å². The van der Waals surface area contributed by atoms with Gasteiger partial charge in [-0.05, 0) is 49.2 Å². The van der Waals surface area contributed by atoms with E-state index in [4.69, 9.17) is 27.4 Å². The first-order valence-electron chi connectivity index (χ1n) is 21.9. The van der Waals surface area contributed by atoms with Crippen LogP contribution in [0.4, 0.5) is 20.4 Å². The van der Waals surface area contributed by atoms with Gasteiger partial charge in [-0.1, -0.05) is 86.6 Å². The zero-order valence-corrected chi connectivity index (χ0v) is 38.4. The van der Waals surface area contributed by atoms with Crippen LogP contribution in [0.25, 0.3) is 45.0 Å². The Morgan fingerprint density at radius 3 is 1.48 bits per heavy atom. The molecule has 0 unspecified atom stereocenters. The van der Waals surface area contributed by atoms with Gasteiger partial charge in [-0.2, -0.15) is 10.2 Å². The van der Waals surface area contributed by atoms with Gasteiger partial charge in [0.05, 0.1) is 72.6 Å². The van der Waals surface area contributed by atoms with Crippen LogP contribution in [-0.2, 0) is 13.1 Å². The Labute approximate surface area is 397 Å². The number of aliphatic hydroxyl groups is 2. The van der Waals surface area contributed by atoms with Crippen molar-refractivity contribution < 1.29 is 33.7 Å². The number of hydrogen-bond donors (Lipinski definition) is 7. The van der Waals surface area contributed by atoms with Crippen LogP contribution in [0.2, 0.25) is 0 Å². The Hall–Kier alpha value is -8.26. The standard InChI is InChI=1S/C24H23FN6O2.C16H14FN5O2.C8H11NO.C2H6/c1-2-31-13-17(11-28-31)20-12-27-23(26)22(29-20)16-8-9-18(19(25)10-16)24(33)30-21(14-32)15-6-4-3-5-7-15;1-2-22-8-10(6-20-22)13-7-19-15(18)14(21-13)9-3-4-11(16(23)24)12(17)5-9;9-8(6-10)7-4-2-1-3-5-7;1-2/h3-13,21,32H,2,14H2,1H3,(H2,26,27)(H,30,33);3-8H,2H2,1H3,(H2,18,19)(H,23,24);1-5,8,10H,6,9H2;1-2H3/t21-;;8-;/m1.1./s1. The van der Waals surface area contributed by atoms with Gasteiger partial charge in [0, 0.05) is 47.7 Å². The van der Waals surface area contributed by atoms with Crippen LogP contribution in [0, 0.1) is 11.6 Å². The van der Waals surface area contributed by atoms with Gasteiger partial charge in [-0.15, -0.1) is 0 Å². The highest BCUT2D eigenvalue weighted by Gasteiger charge is 2.20. The molecule has 4 heterocycles. The first-order chi connectivity index (χ1) is 33.3. The molecule has 0 aliphatic carbocycles. The fourth-order valence-electron chi connectivity index (χ4n) is 6.48. The summed E-state index contributed by atoms with van der Waals surface area (Å²) in [5.74, 6) is -3.29. The molecule has 4 aromatic carbocycles. The van der Waals surface area contributed by atoms with Crippen LogP contribution in [0.3, 0.4) is 0 Å². The molecule has 4 aromatic heterocycles. The minimum absolute atomic E-state index is 0.00398. The maximum atomic E-state index is 14.9. The highest BCUT2D eigenvalue weighted by molar-refractivity contribution is 5.95. The molecular formula is C50H54F2N12O5. The molecule has 8 rings (SSSR count). The van der Waals surface area contributed by atoms with E-state index in [0.717, 1.165) is 34.9 Å². The van der Waals surface area contributed by atoms with Gasteiger partial charge in [0.2, 0.25) is 0 Å². The number of aromatic nitrogens is 8. The van der Waals surface area contributed by atoms with Crippen molar-refractivity contribution in [3.8, 4) is 45.0 Å². The quantitative estimate of drug-likeness (QED) is 0.0595. The minimum Gasteiger partial charge on any atom is -0.478 e. The number of rotatable bonds is 13. The van der Waals surface area contributed by atoms with Gasteiger partial charge in [0.25, 0.3) is 5.91 Å². The van der Waals surface area contributed by atoms with Crippen molar-refractivity contribution in [2.75, 3.05) is 24.7 Å². The van der Waals surface area contributed by atoms with Crippen molar-refractivity contribution in [3.05, 3.63) is 168 Å². The number of benzene rings is 4. The van der Waals surface area contributed by atoms with Gasteiger partial charge in [-0.25, -0.2) is 33.5 Å². The number of nitrogen functional groups attached to an aromatic ring is 2. The van der Waals surface area contributed by atoms with Gasteiger partial charge < -0.3 is 37.8 Å². The third-order valence-corrected chi connectivity index (χ3v) is 10.2. The van der Waals surface area contributed by atoms with Gasteiger partial charge in [0.1, 0.15) is 34.7 Å². The number of carbonyl (C=O) groups is 2. The average Bonchev–Trinajstić information content (AvgIpc) is 4.08. The van der Waals surface area contributed by atoms with Crippen molar-refractivity contribution in [3.63, 3.8) is 0 Å². The Balaban J connectivity index is 0.000000214. The normalized spacial score (nSPS) is 11.4. The minimum atomic E-state index is -1.33. The van der Waals surface area contributed by atoms with Crippen molar-refractivity contribution >= 4 is 23.5 Å². The van der Waals surface area contributed by atoms with E-state index in [2.05, 4.69) is 35.5 Å². The fraction of sp³-hybridized carbons (Fsp3) is 0.200. The predicted molar refractivity (Wildman–Crippen MR) is 260 cm³/mol. The number of aromatic carboxylic acids is 1. The zero-order chi connectivity index (χ0) is 50.0. The Bertz CT molecular complexity index is 2930. The van der Waals surface area contributed by atoms with E-state index in [0.29, 0.717) is 34.8 Å². The lowest BCUT2D eigenvalue weighted by Gasteiger charge is -2.17. The number of carbonyl (C=O) groups excluding carboxylic acids is 1. The number of carboxylic acids is 1. The van der Waals surface area contributed by atoms with E-state index in [1.54, 1.807) is 52.1 Å². The molecule has 17 nitrogen and oxygen atoms in total. The molecule has 0 saturated heterocycles. The number of aryl methyl sites for hydroxylation is 2. The van der Waals surface area contributed by atoms with Gasteiger partial charge in [0.15, 0.2) is 0 Å². The smallest absolute Gasteiger partial charge is 0.338 e. The van der Waals surface area contributed by atoms with Gasteiger partial charge in [-0.3, -0.25) is 14.2 Å². The van der Waals surface area contributed by atoms with Crippen molar-refractivity contribution in [2.24, 2.45) is 5.73 Å². The third kappa shape index (κ3) is 13.4. The van der Waals surface area contributed by atoms with E-state index < -0.39 is 35.1 Å². The third-order valence-electron chi connectivity index (χ3n) is 10.2. The number of carboxylic acid groups (broad SMARTS) is 1. The number of aliphatic hydroxyl groups excluding tert-OH is 2. The molecule has 0 aliphatic rings. The summed E-state index contributed by atoms with van der Waals surface area (Å²) in [6.45, 7) is 9.05. The summed E-state index contributed by atoms with van der Waals surface area (Å²) in [4.78, 5) is 40.8.